The highest BCUT2D eigenvalue weighted by Gasteiger charge is 2.19. The molecule has 110 valence electrons. The number of sulfone groups is 1. The van der Waals surface area contributed by atoms with Crippen LogP contribution >= 0.6 is 0 Å². The van der Waals surface area contributed by atoms with Gasteiger partial charge < -0.3 is 5.73 Å². The van der Waals surface area contributed by atoms with E-state index in [0.717, 1.165) is 0 Å². The number of hydrogen-bond acceptors (Lipinski definition) is 5. The van der Waals surface area contributed by atoms with Crippen molar-refractivity contribution in [3.8, 4) is 0 Å². The summed E-state index contributed by atoms with van der Waals surface area (Å²) in [6.45, 7) is 1.65. The topological polar surface area (TPSA) is 103 Å². The minimum atomic E-state index is -3.55. The van der Waals surface area contributed by atoms with Crippen molar-refractivity contribution in [1.82, 2.24) is 0 Å². The smallest absolute Gasteiger partial charge is 0.269 e. The van der Waals surface area contributed by atoms with Crippen LogP contribution in [0.25, 0.3) is 0 Å². The lowest BCUT2D eigenvalue weighted by atomic mass is 10.2. The largest absolute Gasteiger partial charge is 0.398 e. The minimum absolute atomic E-state index is 0.0729. The number of benzene rings is 2. The second-order valence-corrected chi connectivity index (χ2v) is 6.61. The molecule has 2 aromatic carbocycles. The Balaban J connectivity index is 2.33. The van der Waals surface area contributed by atoms with E-state index in [9.17, 15) is 18.5 Å². The van der Waals surface area contributed by atoms with Gasteiger partial charge in [0.25, 0.3) is 5.69 Å². The molecule has 0 radical (unpaired) electrons. The highest BCUT2D eigenvalue weighted by molar-refractivity contribution is 7.90. The third kappa shape index (κ3) is 3.19. The van der Waals surface area contributed by atoms with E-state index < -0.39 is 14.8 Å². The van der Waals surface area contributed by atoms with Gasteiger partial charge in [-0.1, -0.05) is 18.2 Å². The van der Waals surface area contributed by atoms with Gasteiger partial charge in [0.15, 0.2) is 9.84 Å². The lowest BCUT2D eigenvalue weighted by Gasteiger charge is -2.09. The second kappa shape index (κ2) is 5.53. The van der Waals surface area contributed by atoms with E-state index in [1.807, 2.05) is 0 Å². The Kier molecular flexibility index (Phi) is 3.95. The van der Waals surface area contributed by atoms with Crippen LogP contribution in [0.1, 0.15) is 11.1 Å². The number of rotatable bonds is 4. The van der Waals surface area contributed by atoms with E-state index in [-0.39, 0.29) is 16.3 Å². The van der Waals surface area contributed by atoms with Crippen LogP contribution in [0.5, 0.6) is 0 Å². The molecule has 0 aliphatic carbocycles. The zero-order valence-corrected chi connectivity index (χ0v) is 12.1. The fraction of sp³-hybridized carbons (Fsp3) is 0.143. The average molecular weight is 306 g/mol. The molecule has 0 aliphatic heterocycles. The third-order valence-corrected chi connectivity index (χ3v) is 4.99. The SMILES string of the molecule is Cc1c(N)cccc1S(=O)(=O)Cc1ccc([N+](=O)[O-])cc1. The fourth-order valence-electron chi connectivity index (χ4n) is 1.98. The van der Waals surface area contributed by atoms with E-state index in [2.05, 4.69) is 0 Å². The van der Waals surface area contributed by atoms with Crippen molar-refractivity contribution in [2.24, 2.45) is 0 Å². The van der Waals surface area contributed by atoms with Crippen molar-refractivity contribution < 1.29 is 13.3 Å². The van der Waals surface area contributed by atoms with Crippen molar-refractivity contribution in [2.75, 3.05) is 5.73 Å². The maximum Gasteiger partial charge on any atom is 0.269 e. The van der Waals surface area contributed by atoms with Crippen molar-refractivity contribution >= 4 is 21.2 Å². The van der Waals surface area contributed by atoms with Gasteiger partial charge >= 0.3 is 0 Å². The normalized spacial score (nSPS) is 11.3. The van der Waals surface area contributed by atoms with E-state index in [4.69, 9.17) is 5.73 Å². The molecule has 0 spiro atoms. The number of nitrogens with two attached hydrogens (primary N) is 1. The monoisotopic (exact) mass is 306 g/mol. The molecule has 0 fully saturated rings. The Morgan fingerprint density at radius 1 is 1.14 bits per heavy atom. The van der Waals surface area contributed by atoms with Gasteiger partial charge in [0.2, 0.25) is 0 Å². The van der Waals surface area contributed by atoms with E-state index >= 15 is 0 Å². The first-order chi connectivity index (χ1) is 9.81. The van der Waals surface area contributed by atoms with Crippen LogP contribution in [0.3, 0.4) is 0 Å². The number of nitrogens with zero attached hydrogens (tertiary/aromatic N) is 1. The number of nitro groups is 1. The minimum Gasteiger partial charge on any atom is -0.398 e. The summed E-state index contributed by atoms with van der Waals surface area (Å²) in [6, 6.07) is 10.2. The Morgan fingerprint density at radius 2 is 1.76 bits per heavy atom. The Hall–Kier alpha value is -2.41. The standard InChI is InChI=1S/C14H14N2O4S/c1-10-13(15)3-2-4-14(10)21(19,20)9-11-5-7-12(8-6-11)16(17)18/h2-8H,9,15H2,1H3. The van der Waals surface area contributed by atoms with Gasteiger partial charge in [-0.25, -0.2) is 8.42 Å². The molecule has 0 bridgehead atoms. The van der Waals surface area contributed by atoms with Gasteiger partial charge in [0.05, 0.1) is 15.6 Å². The van der Waals surface area contributed by atoms with Crippen LogP contribution in [0.15, 0.2) is 47.4 Å². The first kappa shape index (κ1) is 15.0. The molecule has 2 N–H and O–H groups in total. The summed E-state index contributed by atoms with van der Waals surface area (Å²) in [4.78, 5) is 10.2. The third-order valence-electron chi connectivity index (χ3n) is 3.16. The molecule has 7 heteroatoms. The molecule has 0 aliphatic rings. The first-order valence-electron chi connectivity index (χ1n) is 6.12. The lowest BCUT2D eigenvalue weighted by molar-refractivity contribution is -0.384. The Morgan fingerprint density at radius 3 is 2.33 bits per heavy atom. The van der Waals surface area contributed by atoms with Gasteiger partial charge in [-0.2, -0.15) is 0 Å². The summed E-state index contributed by atoms with van der Waals surface area (Å²) in [6.07, 6.45) is 0. The number of nitro benzene ring substituents is 1. The molecular formula is C14H14N2O4S. The number of nitrogen functional groups attached to an aromatic ring is 1. The molecule has 6 nitrogen and oxygen atoms in total. The quantitative estimate of drug-likeness (QED) is 0.531. The maximum atomic E-state index is 12.4. The molecule has 0 aromatic heterocycles. The molecule has 2 aromatic rings. The Labute approximate surface area is 122 Å². The first-order valence-corrected chi connectivity index (χ1v) is 7.77. The number of non-ortho nitro benzene ring substituents is 1. The predicted molar refractivity (Wildman–Crippen MR) is 79.6 cm³/mol. The maximum absolute atomic E-state index is 12.4. The van der Waals surface area contributed by atoms with Crippen LogP contribution < -0.4 is 5.73 Å². The van der Waals surface area contributed by atoms with E-state index in [0.29, 0.717) is 16.8 Å². The number of anilines is 1. The van der Waals surface area contributed by atoms with Crippen molar-refractivity contribution in [3.63, 3.8) is 0 Å². The zero-order valence-electron chi connectivity index (χ0n) is 11.3. The highest BCUT2D eigenvalue weighted by atomic mass is 32.2. The van der Waals surface area contributed by atoms with Crippen molar-refractivity contribution in [2.45, 2.75) is 17.6 Å². The second-order valence-electron chi connectivity index (χ2n) is 4.65. The Bertz CT molecular complexity index is 783. The van der Waals surface area contributed by atoms with Gasteiger partial charge in [-0.05, 0) is 30.2 Å². The molecular weight excluding hydrogens is 292 g/mol. The predicted octanol–water partition coefficient (Wildman–Crippen LogP) is 2.46. The van der Waals surface area contributed by atoms with Crippen LogP contribution in [0.4, 0.5) is 11.4 Å². The molecule has 2 rings (SSSR count). The van der Waals surface area contributed by atoms with Crippen molar-refractivity contribution in [3.05, 3.63) is 63.7 Å². The van der Waals surface area contributed by atoms with Gasteiger partial charge in [0.1, 0.15) is 0 Å². The van der Waals surface area contributed by atoms with Gasteiger partial charge in [-0.3, -0.25) is 10.1 Å². The highest BCUT2D eigenvalue weighted by Crippen LogP contribution is 2.24. The molecule has 0 amide bonds. The molecule has 21 heavy (non-hydrogen) atoms. The summed E-state index contributed by atoms with van der Waals surface area (Å²) in [7, 11) is -3.55. The summed E-state index contributed by atoms with van der Waals surface area (Å²) < 4.78 is 24.8. The van der Waals surface area contributed by atoms with Crippen LogP contribution in [-0.4, -0.2) is 13.3 Å². The summed E-state index contributed by atoms with van der Waals surface area (Å²) in [5.41, 5.74) is 7.07. The van der Waals surface area contributed by atoms with Crippen LogP contribution in [0, 0.1) is 17.0 Å². The molecule has 0 atom stereocenters. The molecule has 0 heterocycles. The van der Waals surface area contributed by atoms with Gasteiger partial charge in [0, 0.05) is 17.8 Å². The van der Waals surface area contributed by atoms with Crippen molar-refractivity contribution in [1.29, 1.82) is 0 Å². The molecule has 0 unspecified atom stereocenters. The van der Waals surface area contributed by atoms with Crippen LogP contribution in [-0.2, 0) is 15.6 Å². The number of hydrogen-bond donors (Lipinski definition) is 1. The van der Waals surface area contributed by atoms with Crippen LogP contribution in [0.2, 0.25) is 0 Å². The van der Waals surface area contributed by atoms with Gasteiger partial charge in [-0.15, -0.1) is 0 Å². The lowest BCUT2D eigenvalue weighted by Crippen LogP contribution is -2.08. The molecule has 0 saturated carbocycles. The molecule has 0 saturated heterocycles. The van der Waals surface area contributed by atoms with E-state index in [1.165, 1.54) is 30.3 Å². The average Bonchev–Trinajstić information content (AvgIpc) is 2.41. The summed E-state index contributed by atoms with van der Waals surface area (Å²) in [5.74, 6) is -0.227. The zero-order chi connectivity index (χ0) is 15.6. The summed E-state index contributed by atoms with van der Waals surface area (Å²) >= 11 is 0. The fourth-order valence-corrected chi connectivity index (χ4v) is 3.64. The van der Waals surface area contributed by atoms with E-state index in [1.54, 1.807) is 19.1 Å². The summed E-state index contributed by atoms with van der Waals surface area (Å²) in [5, 5.41) is 10.6.